The second kappa shape index (κ2) is 7.88. The number of carbonyl (C=O) groups excluding carboxylic acids is 2. The van der Waals surface area contributed by atoms with Gasteiger partial charge in [0, 0.05) is 5.56 Å². The number of benzene rings is 1. The zero-order chi connectivity index (χ0) is 15.8. The number of esters is 1. The number of methoxy groups -OCH3 is 2. The van der Waals surface area contributed by atoms with Crippen LogP contribution in [0.5, 0.6) is 5.75 Å². The number of hydrogen-bond acceptors (Lipinski definition) is 5. The van der Waals surface area contributed by atoms with Gasteiger partial charge in [0.15, 0.2) is 0 Å². The van der Waals surface area contributed by atoms with Gasteiger partial charge < -0.3 is 19.9 Å². The lowest BCUT2D eigenvalue weighted by Gasteiger charge is -2.14. The van der Waals surface area contributed by atoms with E-state index in [1.807, 2.05) is 0 Å². The molecule has 1 atom stereocenters. The number of aliphatic carboxylic acids is 1. The molecule has 2 N–H and O–H groups in total. The number of hydrogen-bond donors (Lipinski definition) is 2. The summed E-state index contributed by atoms with van der Waals surface area (Å²) in [4.78, 5) is 34.0. The number of carbonyl (C=O) groups is 3. The molecular weight excluding hydrogens is 278 g/mol. The largest absolute Gasteiger partial charge is 0.496 e. The first-order chi connectivity index (χ1) is 9.97. The normalized spacial score (nSPS) is 11.3. The van der Waals surface area contributed by atoms with Crippen molar-refractivity contribution in [3.63, 3.8) is 0 Å². The van der Waals surface area contributed by atoms with E-state index in [4.69, 9.17) is 9.84 Å². The summed E-state index contributed by atoms with van der Waals surface area (Å²) in [6, 6.07) is 5.59. The molecule has 7 nitrogen and oxygen atoms in total. The Labute approximate surface area is 121 Å². The molecule has 0 aliphatic heterocycles. The average Bonchev–Trinajstić information content (AvgIpc) is 2.46. The zero-order valence-electron chi connectivity index (χ0n) is 11.8. The molecule has 0 radical (unpaired) electrons. The number of para-hydroxylation sites is 1. The van der Waals surface area contributed by atoms with Crippen LogP contribution in [0.4, 0.5) is 0 Å². The summed E-state index contributed by atoms with van der Waals surface area (Å²) < 4.78 is 9.50. The maximum absolute atomic E-state index is 11.9. The van der Waals surface area contributed by atoms with Gasteiger partial charge in [-0.2, -0.15) is 0 Å². The first kappa shape index (κ1) is 16.5. The summed E-state index contributed by atoms with van der Waals surface area (Å²) in [6.45, 7) is 0. The van der Waals surface area contributed by atoms with E-state index in [-0.39, 0.29) is 6.42 Å². The third kappa shape index (κ3) is 5.13. The van der Waals surface area contributed by atoms with Crippen LogP contribution in [0.15, 0.2) is 24.3 Å². The van der Waals surface area contributed by atoms with Gasteiger partial charge in [0.1, 0.15) is 11.8 Å². The van der Waals surface area contributed by atoms with Gasteiger partial charge in [0.2, 0.25) is 5.91 Å². The first-order valence-corrected chi connectivity index (χ1v) is 6.18. The van der Waals surface area contributed by atoms with E-state index in [2.05, 4.69) is 10.1 Å². The Balaban J connectivity index is 2.70. The minimum atomic E-state index is -1.32. The van der Waals surface area contributed by atoms with Crippen molar-refractivity contribution in [2.75, 3.05) is 14.2 Å². The first-order valence-electron chi connectivity index (χ1n) is 6.18. The molecule has 0 bridgehead atoms. The van der Waals surface area contributed by atoms with E-state index in [0.29, 0.717) is 11.3 Å². The van der Waals surface area contributed by atoms with E-state index < -0.39 is 30.3 Å². The molecule has 1 rings (SSSR count). The summed E-state index contributed by atoms with van der Waals surface area (Å²) in [7, 11) is 2.63. The number of carboxylic acid groups (broad SMARTS) is 1. The number of amides is 1. The van der Waals surface area contributed by atoms with Gasteiger partial charge >= 0.3 is 11.9 Å². The van der Waals surface area contributed by atoms with Crippen molar-refractivity contribution in [1.82, 2.24) is 5.32 Å². The fourth-order valence-electron chi connectivity index (χ4n) is 1.72. The van der Waals surface area contributed by atoms with Crippen LogP contribution in [0.25, 0.3) is 0 Å². The smallest absolute Gasteiger partial charge is 0.326 e. The fourth-order valence-corrected chi connectivity index (χ4v) is 1.72. The quantitative estimate of drug-likeness (QED) is 0.705. The predicted octanol–water partition coefficient (Wildman–Crippen LogP) is 0.370. The van der Waals surface area contributed by atoms with Crippen LogP contribution in [0, 0.1) is 0 Å². The van der Waals surface area contributed by atoms with Crippen LogP contribution in [0.2, 0.25) is 0 Å². The summed E-state index contributed by atoms with van der Waals surface area (Å²) >= 11 is 0. The molecule has 1 aromatic rings. The molecule has 0 aliphatic carbocycles. The number of carboxylic acids is 1. The summed E-state index contributed by atoms with van der Waals surface area (Å²) in [5.74, 6) is -1.99. The molecule has 0 saturated carbocycles. The Bertz CT molecular complexity index is 528. The third-order valence-corrected chi connectivity index (χ3v) is 2.78. The SMILES string of the molecule is COC(=O)C[C@H](NC(=O)Cc1ccccc1OC)C(=O)O. The van der Waals surface area contributed by atoms with Crippen molar-refractivity contribution < 1.29 is 29.0 Å². The number of rotatable bonds is 7. The van der Waals surface area contributed by atoms with Crippen LogP contribution in [0.3, 0.4) is 0 Å². The summed E-state index contributed by atoms with van der Waals surface area (Å²) in [5.41, 5.74) is 0.625. The molecule has 114 valence electrons. The lowest BCUT2D eigenvalue weighted by atomic mass is 10.1. The van der Waals surface area contributed by atoms with Crippen LogP contribution >= 0.6 is 0 Å². The molecule has 0 heterocycles. The average molecular weight is 295 g/mol. The number of ether oxygens (including phenoxy) is 2. The minimum Gasteiger partial charge on any atom is -0.496 e. The molecular formula is C14H17NO6. The van der Waals surface area contributed by atoms with Gasteiger partial charge in [-0.15, -0.1) is 0 Å². The Hall–Kier alpha value is -2.57. The highest BCUT2D eigenvalue weighted by atomic mass is 16.5. The molecule has 0 saturated heterocycles. The van der Waals surface area contributed by atoms with Gasteiger partial charge in [-0.05, 0) is 6.07 Å². The Morgan fingerprint density at radius 2 is 1.90 bits per heavy atom. The van der Waals surface area contributed by atoms with Crippen LogP contribution in [0.1, 0.15) is 12.0 Å². The van der Waals surface area contributed by atoms with Crippen LogP contribution in [-0.4, -0.2) is 43.2 Å². The maximum atomic E-state index is 11.9. The van der Waals surface area contributed by atoms with Crippen molar-refractivity contribution >= 4 is 17.8 Å². The van der Waals surface area contributed by atoms with E-state index in [9.17, 15) is 14.4 Å². The van der Waals surface area contributed by atoms with Crippen molar-refractivity contribution in [2.24, 2.45) is 0 Å². The minimum absolute atomic E-state index is 0.0467. The monoisotopic (exact) mass is 295 g/mol. The maximum Gasteiger partial charge on any atom is 0.326 e. The Kier molecular flexibility index (Phi) is 6.19. The van der Waals surface area contributed by atoms with Gasteiger partial charge in [-0.3, -0.25) is 9.59 Å². The molecule has 0 fully saturated rings. The molecule has 0 aliphatic rings. The van der Waals surface area contributed by atoms with E-state index in [0.717, 1.165) is 7.11 Å². The standard InChI is InChI=1S/C14H17NO6/c1-20-11-6-4-3-5-9(11)7-12(16)15-10(14(18)19)8-13(17)21-2/h3-6,10H,7-8H2,1-2H3,(H,15,16)(H,18,19)/t10-/m0/s1. The second-order valence-corrected chi connectivity index (χ2v) is 4.23. The van der Waals surface area contributed by atoms with Crippen molar-refractivity contribution in [2.45, 2.75) is 18.9 Å². The molecule has 1 amide bonds. The van der Waals surface area contributed by atoms with Gasteiger partial charge in [-0.1, -0.05) is 18.2 Å². The summed E-state index contributed by atoms with van der Waals surface area (Å²) in [5, 5.41) is 11.3. The highest BCUT2D eigenvalue weighted by Gasteiger charge is 2.24. The van der Waals surface area contributed by atoms with Crippen LogP contribution < -0.4 is 10.1 Å². The van der Waals surface area contributed by atoms with E-state index in [1.165, 1.54) is 7.11 Å². The van der Waals surface area contributed by atoms with Crippen molar-refractivity contribution in [3.05, 3.63) is 29.8 Å². The van der Waals surface area contributed by atoms with E-state index >= 15 is 0 Å². The Morgan fingerprint density at radius 1 is 1.24 bits per heavy atom. The molecule has 0 unspecified atom stereocenters. The van der Waals surface area contributed by atoms with Gasteiger partial charge in [0.25, 0.3) is 0 Å². The second-order valence-electron chi connectivity index (χ2n) is 4.23. The molecule has 1 aromatic carbocycles. The highest BCUT2D eigenvalue weighted by Crippen LogP contribution is 2.17. The number of nitrogens with one attached hydrogen (secondary N) is 1. The molecule has 0 aromatic heterocycles. The fraction of sp³-hybridized carbons (Fsp3) is 0.357. The van der Waals surface area contributed by atoms with Crippen molar-refractivity contribution in [1.29, 1.82) is 0 Å². The topological polar surface area (TPSA) is 102 Å². The zero-order valence-corrected chi connectivity index (χ0v) is 11.8. The molecule has 0 spiro atoms. The lowest BCUT2D eigenvalue weighted by molar-refractivity contribution is -0.148. The molecule has 21 heavy (non-hydrogen) atoms. The van der Waals surface area contributed by atoms with Gasteiger partial charge in [-0.25, -0.2) is 4.79 Å². The Morgan fingerprint density at radius 3 is 2.48 bits per heavy atom. The lowest BCUT2D eigenvalue weighted by Crippen LogP contribution is -2.43. The third-order valence-electron chi connectivity index (χ3n) is 2.78. The van der Waals surface area contributed by atoms with Crippen LogP contribution in [-0.2, 0) is 25.5 Å². The van der Waals surface area contributed by atoms with Crippen molar-refractivity contribution in [3.8, 4) is 5.75 Å². The van der Waals surface area contributed by atoms with Gasteiger partial charge in [0.05, 0.1) is 27.1 Å². The molecule has 7 heteroatoms. The predicted molar refractivity (Wildman–Crippen MR) is 72.9 cm³/mol. The summed E-state index contributed by atoms with van der Waals surface area (Å²) in [6.07, 6.45) is -0.474. The van der Waals surface area contributed by atoms with E-state index in [1.54, 1.807) is 24.3 Å². The highest BCUT2D eigenvalue weighted by molar-refractivity contribution is 5.88.